The number of nitrogens with zero attached hydrogens (tertiary/aromatic N) is 5. The number of nitrogen functional groups attached to an aromatic ring is 1. The van der Waals surface area contributed by atoms with Crippen molar-refractivity contribution in [1.29, 1.82) is 0 Å². The van der Waals surface area contributed by atoms with Crippen molar-refractivity contribution in [3.05, 3.63) is 0 Å². The van der Waals surface area contributed by atoms with E-state index >= 15 is 0 Å². The lowest BCUT2D eigenvalue weighted by atomic mass is 10.1. The van der Waals surface area contributed by atoms with Crippen molar-refractivity contribution in [2.75, 3.05) is 35.7 Å². The van der Waals surface area contributed by atoms with Gasteiger partial charge in [-0.2, -0.15) is 15.0 Å². The van der Waals surface area contributed by atoms with Crippen LogP contribution in [-0.2, 0) is 0 Å². The Bertz CT molecular complexity index is 441. The van der Waals surface area contributed by atoms with Crippen LogP contribution in [0.2, 0.25) is 0 Å². The molecule has 0 saturated carbocycles. The molecule has 1 aromatic rings. The zero-order chi connectivity index (χ0) is 14.7. The lowest BCUT2D eigenvalue weighted by Crippen LogP contribution is -2.36. The Morgan fingerprint density at radius 2 is 1.70 bits per heavy atom. The van der Waals surface area contributed by atoms with Gasteiger partial charge in [0.05, 0.1) is 0 Å². The van der Waals surface area contributed by atoms with Gasteiger partial charge in [-0.3, -0.25) is 0 Å². The monoisotopic (exact) mass is 278 g/mol. The van der Waals surface area contributed by atoms with E-state index in [4.69, 9.17) is 5.73 Å². The second-order valence-electron chi connectivity index (χ2n) is 5.94. The van der Waals surface area contributed by atoms with Crippen molar-refractivity contribution in [3.8, 4) is 0 Å². The van der Waals surface area contributed by atoms with Crippen molar-refractivity contribution in [1.82, 2.24) is 15.0 Å². The highest BCUT2D eigenvalue weighted by Crippen LogP contribution is 2.21. The first-order chi connectivity index (χ1) is 9.49. The predicted octanol–water partition coefficient (Wildman–Crippen LogP) is 1.92. The number of piperidine rings is 1. The Labute approximate surface area is 121 Å². The Kier molecular flexibility index (Phi) is 4.62. The van der Waals surface area contributed by atoms with Gasteiger partial charge in [0.2, 0.25) is 17.8 Å². The van der Waals surface area contributed by atoms with Crippen LogP contribution in [0.25, 0.3) is 0 Å². The van der Waals surface area contributed by atoms with Gasteiger partial charge in [0.1, 0.15) is 0 Å². The van der Waals surface area contributed by atoms with Gasteiger partial charge >= 0.3 is 0 Å². The fourth-order valence-corrected chi connectivity index (χ4v) is 2.39. The fourth-order valence-electron chi connectivity index (χ4n) is 2.39. The SMILES string of the molecule is CC(C)C(C)N(C)c1nc(N)nc(N2CCCCC2)n1. The van der Waals surface area contributed by atoms with Crippen molar-refractivity contribution in [2.24, 2.45) is 5.92 Å². The molecule has 2 heterocycles. The average Bonchev–Trinajstić information content (AvgIpc) is 2.45. The van der Waals surface area contributed by atoms with E-state index in [1.807, 2.05) is 7.05 Å². The Morgan fingerprint density at radius 1 is 1.05 bits per heavy atom. The van der Waals surface area contributed by atoms with Gasteiger partial charge < -0.3 is 15.5 Å². The molecule has 1 atom stereocenters. The molecule has 2 rings (SSSR count). The highest BCUT2D eigenvalue weighted by molar-refractivity contribution is 5.43. The topological polar surface area (TPSA) is 71.2 Å². The van der Waals surface area contributed by atoms with E-state index in [0.29, 0.717) is 23.9 Å². The van der Waals surface area contributed by atoms with E-state index in [9.17, 15) is 0 Å². The minimum atomic E-state index is 0.304. The highest BCUT2D eigenvalue weighted by Gasteiger charge is 2.20. The largest absolute Gasteiger partial charge is 0.368 e. The van der Waals surface area contributed by atoms with Crippen LogP contribution in [0.4, 0.5) is 17.8 Å². The van der Waals surface area contributed by atoms with Gasteiger partial charge in [-0.05, 0) is 32.1 Å². The van der Waals surface area contributed by atoms with Crippen LogP contribution in [0, 0.1) is 5.92 Å². The molecule has 6 heteroatoms. The Hall–Kier alpha value is -1.59. The molecule has 1 aliphatic heterocycles. The standard InChI is InChI=1S/C14H26N6/c1-10(2)11(3)19(4)13-16-12(15)17-14(18-13)20-8-6-5-7-9-20/h10-11H,5-9H2,1-4H3,(H2,15,16,17,18). The molecule has 0 radical (unpaired) electrons. The first kappa shape index (κ1) is 14.8. The molecule has 2 N–H and O–H groups in total. The van der Waals surface area contributed by atoms with Crippen LogP contribution in [0.3, 0.4) is 0 Å². The summed E-state index contributed by atoms with van der Waals surface area (Å²) in [6.45, 7) is 8.57. The third-order valence-electron chi connectivity index (χ3n) is 4.16. The third kappa shape index (κ3) is 3.29. The van der Waals surface area contributed by atoms with Crippen molar-refractivity contribution >= 4 is 17.8 Å². The summed E-state index contributed by atoms with van der Waals surface area (Å²) in [7, 11) is 2.01. The summed E-state index contributed by atoms with van der Waals surface area (Å²) < 4.78 is 0. The normalized spacial score (nSPS) is 17.4. The molecule has 0 bridgehead atoms. The van der Waals surface area contributed by atoms with Crippen LogP contribution in [0.15, 0.2) is 0 Å². The lowest BCUT2D eigenvalue weighted by Gasteiger charge is -2.30. The second kappa shape index (κ2) is 6.24. The van der Waals surface area contributed by atoms with Crippen LogP contribution in [0.5, 0.6) is 0 Å². The molecule has 0 aromatic carbocycles. The van der Waals surface area contributed by atoms with Crippen molar-refractivity contribution < 1.29 is 0 Å². The van der Waals surface area contributed by atoms with Gasteiger partial charge in [0, 0.05) is 26.2 Å². The Balaban J connectivity index is 2.23. The second-order valence-corrected chi connectivity index (χ2v) is 5.94. The number of rotatable bonds is 4. The number of hydrogen-bond donors (Lipinski definition) is 1. The number of anilines is 3. The quantitative estimate of drug-likeness (QED) is 0.907. The summed E-state index contributed by atoms with van der Waals surface area (Å²) in [5.74, 6) is 2.21. The summed E-state index contributed by atoms with van der Waals surface area (Å²) >= 11 is 0. The summed E-state index contributed by atoms with van der Waals surface area (Å²) in [6, 6.07) is 0.353. The fraction of sp³-hybridized carbons (Fsp3) is 0.786. The highest BCUT2D eigenvalue weighted by atomic mass is 15.4. The van der Waals surface area contributed by atoms with E-state index < -0.39 is 0 Å². The molecule has 6 nitrogen and oxygen atoms in total. The first-order valence-electron chi connectivity index (χ1n) is 7.48. The third-order valence-corrected chi connectivity index (χ3v) is 4.16. The molecule has 1 saturated heterocycles. The van der Waals surface area contributed by atoms with Crippen LogP contribution in [0.1, 0.15) is 40.0 Å². The van der Waals surface area contributed by atoms with E-state index in [-0.39, 0.29) is 0 Å². The van der Waals surface area contributed by atoms with Crippen molar-refractivity contribution in [3.63, 3.8) is 0 Å². The summed E-state index contributed by atoms with van der Waals surface area (Å²) in [5, 5.41) is 0. The van der Waals surface area contributed by atoms with Crippen molar-refractivity contribution in [2.45, 2.75) is 46.1 Å². The minimum absolute atomic E-state index is 0.304. The number of hydrogen-bond acceptors (Lipinski definition) is 6. The maximum absolute atomic E-state index is 5.86. The van der Waals surface area contributed by atoms with Crippen LogP contribution >= 0.6 is 0 Å². The smallest absolute Gasteiger partial charge is 0.231 e. The lowest BCUT2D eigenvalue weighted by molar-refractivity contribution is 0.498. The van der Waals surface area contributed by atoms with Gasteiger partial charge in [0.25, 0.3) is 0 Å². The van der Waals surface area contributed by atoms with E-state index in [1.54, 1.807) is 0 Å². The van der Waals surface area contributed by atoms with Crippen LogP contribution < -0.4 is 15.5 Å². The molecule has 1 aromatic heterocycles. The molecule has 112 valence electrons. The maximum Gasteiger partial charge on any atom is 0.231 e. The molecule has 1 aliphatic rings. The van der Waals surface area contributed by atoms with Gasteiger partial charge in [0.15, 0.2) is 0 Å². The Morgan fingerprint density at radius 3 is 2.30 bits per heavy atom. The maximum atomic E-state index is 5.86. The molecular weight excluding hydrogens is 252 g/mol. The first-order valence-corrected chi connectivity index (χ1v) is 7.48. The molecular formula is C14H26N6. The van der Waals surface area contributed by atoms with Gasteiger partial charge in [-0.1, -0.05) is 13.8 Å². The van der Waals surface area contributed by atoms with Gasteiger partial charge in [-0.25, -0.2) is 0 Å². The number of aromatic nitrogens is 3. The summed E-state index contributed by atoms with van der Waals surface area (Å²) in [4.78, 5) is 17.5. The zero-order valence-electron chi connectivity index (χ0n) is 13.0. The molecule has 1 unspecified atom stereocenters. The molecule has 0 amide bonds. The summed E-state index contributed by atoms with van der Waals surface area (Å²) in [5.41, 5.74) is 5.86. The van der Waals surface area contributed by atoms with Crippen LogP contribution in [-0.4, -0.2) is 41.1 Å². The molecule has 1 fully saturated rings. The number of nitrogens with two attached hydrogens (primary N) is 1. The summed E-state index contributed by atoms with van der Waals surface area (Å²) in [6.07, 6.45) is 3.67. The van der Waals surface area contributed by atoms with Gasteiger partial charge in [-0.15, -0.1) is 0 Å². The minimum Gasteiger partial charge on any atom is -0.368 e. The predicted molar refractivity (Wildman–Crippen MR) is 83.0 cm³/mol. The van der Waals surface area contributed by atoms with E-state index in [0.717, 1.165) is 19.0 Å². The zero-order valence-corrected chi connectivity index (χ0v) is 13.0. The average molecular weight is 278 g/mol. The van der Waals surface area contributed by atoms with E-state index in [2.05, 4.69) is 45.5 Å². The molecule has 0 aliphatic carbocycles. The molecule has 20 heavy (non-hydrogen) atoms. The molecule has 0 spiro atoms. The van der Waals surface area contributed by atoms with E-state index in [1.165, 1.54) is 19.3 Å².